The van der Waals surface area contributed by atoms with Gasteiger partial charge in [-0.1, -0.05) is 54.1 Å². The molecule has 3 nitrogen and oxygen atoms in total. The number of nitrogens with zero attached hydrogens (tertiary/aromatic N) is 1. The molecule has 0 amide bonds. The van der Waals surface area contributed by atoms with Crippen molar-refractivity contribution >= 4 is 23.8 Å². The van der Waals surface area contributed by atoms with E-state index in [4.69, 9.17) is 16.3 Å². The maximum absolute atomic E-state index is 9.73. The van der Waals surface area contributed by atoms with E-state index in [1.165, 1.54) is 0 Å². The summed E-state index contributed by atoms with van der Waals surface area (Å²) in [5.74, 6) is 0.907. The van der Waals surface area contributed by atoms with Gasteiger partial charge in [0.2, 0.25) is 0 Å². The second-order valence-electron chi connectivity index (χ2n) is 7.08. The molecule has 1 heterocycles. The van der Waals surface area contributed by atoms with Gasteiger partial charge in [-0.3, -0.25) is 0 Å². The zero-order valence-electron chi connectivity index (χ0n) is 15.7. The molecule has 1 fully saturated rings. The van der Waals surface area contributed by atoms with Gasteiger partial charge in [0.1, 0.15) is 5.75 Å². The molecule has 1 saturated heterocycles. The van der Waals surface area contributed by atoms with E-state index in [-0.39, 0.29) is 6.10 Å². The average molecular weight is 386 g/mol. The van der Waals surface area contributed by atoms with Crippen LogP contribution >= 0.6 is 11.6 Å². The summed E-state index contributed by atoms with van der Waals surface area (Å²) >= 11 is 6.04. The Labute approximate surface area is 167 Å². The molecule has 3 rings (SSSR count). The number of halogens is 1. The third kappa shape index (κ3) is 6.69. The van der Waals surface area contributed by atoms with Crippen LogP contribution in [-0.4, -0.2) is 42.4 Å². The predicted octanol–water partition coefficient (Wildman–Crippen LogP) is 5.13. The van der Waals surface area contributed by atoms with Crippen molar-refractivity contribution in [2.24, 2.45) is 0 Å². The van der Waals surface area contributed by atoms with Crippen LogP contribution in [0.15, 0.2) is 48.5 Å². The Bertz CT molecular complexity index is 747. The van der Waals surface area contributed by atoms with Crippen molar-refractivity contribution in [3.8, 4) is 5.75 Å². The van der Waals surface area contributed by atoms with Crippen LogP contribution in [-0.2, 0) is 0 Å². The number of piperidine rings is 1. The number of rotatable bonds is 8. The summed E-state index contributed by atoms with van der Waals surface area (Å²) in [4.78, 5) is 2.36. The van der Waals surface area contributed by atoms with Crippen LogP contribution in [0.25, 0.3) is 12.2 Å². The fourth-order valence-corrected chi connectivity index (χ4v) is 3.60. The number of para-hydroxylation sites is 1. The quantitative estimate of drug-likeness (QED) is 0.505. The molecular weight excluding hydrogens is 358 g/mol. The van der Waals surface area contributed by atoms with Crippen molar-refractivity contribution in [1.29, 1.82) is 0 Å². The maximum Gasteiger partial charge on any atom is 0.126 e. The Morgan fingerprint density at radius 3 is 2.85 bits per heavy atom. The van der Waals surface area contributed by atoms with Gasteiger partial charge < -0.3 is 14.7 Å². The molecule has 4 heteroatoms. The lowest BCUT2D eigenvalue weighted by molar-refractivity contribution is 0.0693. The van der Waals surface area contributed by atoms with E-state index in [1.807, 2.05) is 42.5 Å². The van der Waals surface area contributed by atoms with Crippen molar-refractivity contribution in [3.05, 3.63) is 64.7 Å². The molecule has 0 saturated carbocycles. The van der Waals surface area contributed by atoms with Crippen LogP contribution in [0.1, 0.15) is 36.8 Å². The summed E-state index contributed by atoms with van der Waals surface area (Å²) in [6, 6.07) is 15.9. The molecule has 0 aromatic heterocycles. The van der Waals surface area contributed by atoms with Gasteiger partial charge >= 0.3 is 0 Å². The minimum Gasteiger partial charge on any atom is -0.493 e. The fraction of sp³-hybridized carbons (Fsp3) is 0.391. The van der Waals surface area contributed by atoms with Gasteiger partial charge in [-0.15, -0.1) is 0 Å². The number of unbranched alkanes of at least 4 members (excludes halogenated alkanes) is 1. The van der Waals surface area contributed by atoms with Gasteiger partial charge in [-0.05, 0) is 62.5 Å². The molecule has 2 aromatic carbocycles. The van der Waals surface area contributed by atoms with Crippen LogP contribution in [0.3, 0.4) is 0 Å². The van der Waals surface area contributed by atoms with E-state index >= 15 is 0 Å². The van der Waals surface area contributed by atoms with Crippen LogP contribution in [0, 0.1) is 0 Å². The fourth-order valence-electron chi connectivity index (χ4n) is 3.40. The first-order valence-electron chi connectivity index (χ1n) is 9.76. The molecule has 144 valence electrons. The summed E-state index contributed by atoms with van der Waals surface area (Å²) in [5.41, 5.74) is 2.14. The van der Waals surface area contributed by atoms with E-state index in [0.717, 1.165) is 67.2 Å². The maximum atomic E-state index is 9.73. The Morgan fingerprint density at radius 2 is 2.00 bits per heavy atom. The van der Waals surface area contributed by atoms with Crippen LogP contribution in [0.4, 0.5) is 0 Å². The lowest BCUT2D eigenvalue weighted by Crippen LogP contribution is -2.38. The second-order valence-corrected chi connectivity index (χ2v) is 7.51. The van der Waals surface area contributed by atoms with E-state index in [2.05, 4.69) is 23.1 Å². The largest absolute Gasteiger partial charge is 0.493 e. The van der Waals surface area contributed by atoms with Crippen molar-refractivity contribution in [3.63, 3.8) is 0 Å². The minimum atomic E-state index is -0.145. The van der Waals surface area contributed by atoms with Crippen LogP contribution in [0.2, 0.25) is 5.02 Å². The first-order chi connectivity index (χ1) is 13.2. The highest BCUT2D eigenvalue weighted by atomic mass is 35.5. The lowest BCUT2D eigenvalue weighted by atomic mass is 10.1. The number of hydrogen-bond donors (Lipinski definition) is 1. The van der Waals surface area contributed by atoms with Crippen molar-refractivity contribution in [2.75, 3.05) is 26.2 Å². The molecule has 1 aliphatic heterocycles. The standard InChI is InChI=1S/C23H28ClNO2/c24-21-9-5-7-19(17-21)12-13-20-8-1-2-11-23(20)27-16-4-3-14-25-15-6-10-22(26)18-25/h1-2,5,7-9,11-13,17,22,26H,3-4,6,10,14-16,18H2/b13-12+. The Kier molecular flexibility index (Phi) is 7.76. The van der Waals surface area contributed by atoms with Crippen molar-refractivity contribution in [2.45, 2.75) is 31.8 Å². The Hall–Kier alpha value is -1.81. The van der Waals surface area contributed by atoms with E-state index < -0.39 is 0 Å². The van der Waals surface area contributed by atoms with Crippen LogP contribution < -0.4 is 4.74 Å². The van der Waals surface area contributed by atoms with Gasteiger partial charge in [-0.2, -0.15) is 0 Å². The molecule has 0 radical (unpaired) electrons. The molecule has 1 unspecified atom stereocenters. The zero-order chi connectivity index (χ0) is 18.9. The number of hydrogen-bond acceptors (Lipinski definition) is 3. The summed E-state index contributed by atoms with van der Waals surface area (Å²) in [6.07, 6.45) is 8.12. The number of β-amino-alcohol motifs (C(OH)–C–C–N with tert-alkyl or cyclic N) is 1. The lowest BCUT2D eigenvalue weighted by Gasteiger charge is -2.29. The van der Waals surface area contributed by atoms with Crippen molar-refractivity contribution in [1.82, 2.24) is 4.90 Å². The third-order valence-corrected chi connectivity index (χ3v) is 5.07. The monoisotopic (exact) mass is 385 g/mol. The SMILES string of the molecule is OC1CCCN(CCCCOc2ccccc2/C=C/c2cccc(Cl)c2)C1. The van der Waals surface area contributed by atoms with Gasteiger partial charge in [0.05, 0.1) is 12.7 Å². The topological polar surface area (TPSA) is 32.7 Å². The zero-order valence-corrected chi connectivity index (χ0v) is 16.4. The molecule has 0 bridgehead atoms. The molecule has 0 spiro atoms. The summed E-state index contributed by atoms with van der Waals surface area (Å²) in [7, 11) is 0. The van der Waals surface area contributed by atoms with Gasteiger partial charge in [0.15, 0.2) is 0 Å². The Morgan fingerprint density at radius 1 is 1.11 bits per heavy atom. The van der Waals surface area contributed by atoms with E-state index in [1.54, 1.807) is 0 Å². The first kappa shape index (κ1) is 19.9. The number of benzene rings is 2. The number of aliphatic hydroxyl groups is 1. The first-order valence-corrected chi connectivity index (χ1v) is 10.1. The number of ether oxygens (including phenoxy) is 1. The number of aliphatic hydroxyl groups excluding tert-OH is 1. The minimum absolute atomic E-state index is 0.145. The van der Waals surface area contributed by atoms with Crippen molar-refractivity contribution < 1.29 is 9.84 Å². The molecule has 2 aromatic rings. The highest BCUT2D eigenvalue weighted by Crippen LogP contribution is 2.22. The van der Waals surface area contributed by atoms with E-state index in [0.29, 0.717) is 6.61 Å². The summed E-state index contributed by atoms with van der Waals surface area (Å²) in [6.45, 7) is 3.67. The van der Waals surface area contributed by atoms with Gasteiger partial charge in [0, 0.05) is 17.1 Å². The smallest absolute Gasteiger partial charge is 0.126 e. The second kappa shape index (κ2) is 10.5. The molecule has 1 N–H and O–H groups in total. The van der Waals surface area contributed by atoms with E-state index in [9.17, 15) is 5.11 Å². The molecule has 0 aliphatic carbocycles. The molecule has 1 atom stereocenters. The highest BCUT2D eigenvalue weighted by Gasteiger charge is 2.16. The van der Waals surface area contributed by atoms with Gasteiger partial charge in [-0.25, -0.2) is 0 Å². The molecular formula is C23H28ClNO2. The molecule has 1 aliphatic rings. The highest BCUT2D eigenvalue weighted by molar-refractivity contribution is 6.30. The summed E-state index contributed by atoms with van der Waals surface area (Å²) < 4.78 is 6.01. The number of likely N-dealkylation sites (tertiary alicyclic amines) is 1. The molecule has 27 heavy (non-hydrogen) atoms. The summed E-state index contributed by atoms with van der Waals surface area (Å²) in [5, 5.41) is 10.5. The average Bonchev–Trinajstić information content (AvgIpc) is 2.67. The van der Waals surface area contributed by atoms with Crippen LogP contribution in [0.5, 0.6) is 5.75 Å². The third-order valence-electron chi connectivity index (χ3n) is 4.83. The normalized spacial score (nSPS) is 18.1. The predicted molar refractivity (Wildman–Crippen MR) is 113 cm³/mol. The van der Waals surface area contributed by atoms with Gasteiger partial charge in [0.25, 0.3) is 0 Å². The Balaban J connectivity index is 1.46.